The summed E-state index contributed by atoms with van der Waals surface area (Å²) in [7, 11) is 0. The summed E-state index contributed by atoms with van der Waals surface area (Å²) >= 11 is 1.75. The van der Waals surface area contributed by atoms with E-state index in [1.54, 1.807) is 11.3 Å². The van der Waals surface area contributed by atoms with Gasteiger partial charge in [-0.1, -0.05) is 26.7 Å². The Labute approximate surface area is 127 Å². The minimum absolute atomic E-state index is 0.881. The first-order chi connectivity index (χ1) is 9.80. The molecule has 0 saturated carbocycles. The molecule has 114 valence electrons. The van der Waals surface area contributed by atoms with E-state index >= 15 is 0 Å². The highest BCUT2D eigenvalue weighted by molar-refractivity contribution is 7.09. The minimum Gasteiger partial charge on any atom is -0.357 e. The van der Waals surface area contributed by atoms with E-state index in [-0.39, 0.29) is 0 Å². The number of thiazole rings is 1. The van der Waals surface area contributed by atoms with Gasteiger partial charge < -0.3 is 10.6 Å². The summed E-state index contributed by atoms with van der Waals surface area (Å²) in [4.78, 5) is 9.16. The van der Waals surface area contributed by atoms with Crippen LogP contribution in [-0.4, -0.2) is 30.6 Å². The van der Waals surface area contributed by atoms with Crippen molar-refractivity contribution in [1.29, 1.82) is 0 Å². The van der Waals surface area contributed by atoms with Crippen LogP contribution in [0.25, 0.3) is 0 Å². The van der Waals surface area contributed by atoms with Crippen molar-refractivity contribution in [2.45, 2.75) is 52.9 Å². The number of aryl methyl sites for hydroxylation is 1. The highest BCUT2D eigenvalue weighted by atomic mass is 32.1. The van der Waals surface area contributed by atoms with Gasteiger partial charge in [0.2, 0.25) is 0 Å². The van der Waals surface area contributed by atoms with Gasteiger partial charge in [-0.2, -0.15) is 0 Å². The Bertz CT molecular complexity index is 387. The smallest absolute Gasteiger partial charge is 0.191 e. The van der Waals surface area contributed by atoms with Gasteiger partial charge in [-0.05, 0) is 19.8 Å². The number of hydrogen-bond donors (Lipinski definition) is 2. The van der Waals surface area contributed by atoms with Crippen molar-refractivity contribution >= 4 is 17.3 Å². The molecule has 1 rings (SSSR count). The molecule has 0 atom stereocenters. The van der Waals surface area contributed by atoms with Crippen molar-refractivity contribution in [2.24, 2.45) is 4.99 Å². The first-order valence-electron chi connectivity index (χ1n) is 7.75. The van der Waals surface area contributed by atoms with E-state index in [9.17, 15) is 0 Å². The zero-order valence-corrected chi connectivity index (χ0v) is 13.9. The lowest BCUT2D eigenvalue weighted by Crippen LogP contribution is -2.38. The van der Waals surface area contributed by atoms with Gasteiger partial charge in [-0.3, -0.25) is 4.99 Å². The van der Waals surface area contributed by atoms with Crippen LogP contribution < -0.4 is 10.6 Å². The Hall–Kier alpha value is -1.10. The van der Waals surface area contributed by atoms with Crippen molar-refractivity contribution in [3.05, 3.63) is 16.1 Å². The lowest BCUT2D eigenvalue weighted by atomic mass is 10.2. The summed E-state index contributed by atoms with van der Waals surface area (Å²) in [6.45, 7) is 9.14. The van der Waals surface area contributed by atoms with Crippen LogP contribution in [0.15, 0.2) is 10.4 Å². The zero-order valence-electron chi connectivity index (χ0n) is 13.0. The summed E-state index contributed by atoms with van der Waals surface area (Å²) in [5.41, 5.74) is 1.18. The molecular formula is C15H28N4S. The fraction of sp³-hybridized carbons (Fsp3) is 0.733. The molecule has 0 fully saturated rings. The summed E-state index contributed by atoms with van der Waals surface area (Å²) in [5.74, 6) is 0.926. The topological polar surface area (TPSA) is 49.3 Å². The molecular weight excluding hydrogens is 268 g/mol. The summed E-state index contributed by atoms with van der Waals surface area (Å²) < 4.78 is 0. The molecule has 0 spiro atoms. The first-order valence-corrected chi connectivity index (χ1v) is 8.63. The van der Waals surface area contributed by atoms with E-state index in [0.29, 0.717) is 0 Å². The Morgan fingerprint density at radius 2 is 2.10 bits per heavy atom. The van der Waals surface area contributed by atoms with Gasteiger partial charge in [-0.25, -0.2) is 4.98 Å². The minimum atomic E-state index is 0.881. The average Bonchev–Trinajstić information content (AvgIpc) is 2.91. The quantitative estimate of drug-likeness (QED) is 0.418. The SMILES string of the molecule is CCCCCN=C(NCC)NCCc1csc(CC)n1. The molecule has 20 heavy (non-hydrogen) atoms. The van der Waals surface area contributed by atoms with Gasteiger partial charge in [0.15, 0.2) is 5.96 Å². The van der Waals surface area contributed by atoms with Crippen molar-refractivity contribution in [1.82, 2.24) is 15.6 Å². The molecule has 0 unspecified atom stereocenters. The molecule has 2 N–H and O–H groups in total. The standard InChI is InChI=1S/C15H28N4S/c1-4-7-8-10-17-15(16-6-3)18-11-9-13-12-20-14(5-2)19-13/h12H,4-11H2,1-3H3,(H2,16,17,18). The lowest BCUT2D eigenvalue weighted by Gasteiger charge is -2.10. The largest absolute Gasteiger partial charge is 0.357 e. The average molecular weight is 296 g/mol. The highest BCUT2D eigenvalue weighted by Crippen LogP contribution is 2.10. The third-order valence-electron chi connectivity index (χ3n) is 2.95. The van der Waals surface area contributed by atoms with Crippen molar-refractivity contribution in [2.75, 3.05) is 19.6 Å². The number of hydrogen-bond acceptors (Lipinski definition) is 3. The number of nitrogens with zero attached hydrogens (tertiary/aromatic N) is 2. The second-order valence-electron chi connectivity index (χ2n) is 4.73. The second kappa shape index (κ2) is 10.7. The highest BCUT2D eigenvalue weighted by Gasteiger charge is 2.01. The fourth-order valence-electron chi connectivity index (χ4n) is 1.83. The number of aromatic nitrogens is 1. The molecule has 0 bridgehead atoms. The maximum absolute atomic E-state index is 4.58. The Morgan fingerprint density at radius 3 is 2.75 bits per heavy atom. The van der Waals surface area contributed by atoms with Gasteiger partial charge in [0.05, 0.1) is 10.7 Å². The van der Waals surface area contributed by atoms with Crippen LogP contribution in [0.5, 0.6) is 0 Å². The molecule has 0 aliphatic carbocycles. The molecule has 1 aromatic rings. The predicted molar refractivity (Wildman–Crippen MR) is 88.7 cm³/mol. The van der Waals surface area contributed by atoms with Crippen molar-refractivity contribution < 1.29 is 0 Å². The van der Waals surface area contributed by atoms with Crippen molar-refractivity contribution in [3.63, 3.8) is 0 Å². The Morgan fingerprint density at radius 1 is 1.25 bits per heavy atom. The molecule has 0 radical (unpaired) electrons. The maximum Gasteiger partial charge on any atom is 0.191 e. The zero-order chi connectivity index (χ0) is 14.6. The van der Waals surface area contributed by atoms with Crippen LogP contribution in [-0.2, 0) is 12.8 Å². The monoisotopic (exact) mass is 296 g/mol. The van der Waals surface area contributed by atoms with E-state index in [1.165, 1.54) is 30.0 Å². The van der Waals surface area contributed by atoms with Gasteiger partial charge in [0, 0.05) is 31.4 Å². The summed E-state index contributed by atoms with van der Waals surface area (Å²) in [6.07, 6.45) is 5.64. The van der Waals surface area contributed by atoms with E-state index < -0.39 is 0 Å². The molecule has 5 heteroatoms. The number of unbranched alkanes of at least 4 members (excludes halogenated alkanes) is 2. The molecule has 0 aliphatic heterocycles. The van der Waals surface area contributed by atoms with E-state index in [2.05, 4.69) is 46.8 Å². The van der Waals surface area contributed by atoms with Crippen LogP contribution >= 0.6 is 11.3 Å². The van der Waals surface area contributed by atoms with Gasteiger partial charge in [-0.15, -0.1) is 11.3 Å². The van der Waals surface area contributed by atoms with Crippen LogP contribution in [0.4, 0.5) is 0 Å². The third kappa shape index (κ3) is 6.89. The summed E-state index contributed by atoms with van der Waals surface area (Å²) in [5, 5.41) is 10.0. The Balaban J connectivity index is 2.30. The first kappa shape index (κ1) is 17.0. The van der Waals surface area contributed by atoms with E-state index in [0.717, 1.165) is 38.4 Å². The molecule has 0 saturated heterocycles. The lowest BCUT2D eigenvalue weighted by molar-refractivity contribution is 0.716. The number of guanidine groups is 1. The second-order valence-corrected chi connectivity index (χ2v) is 5.67. The molecule has 0 amide bonds. The molecule has 1 aromatic heterocycles. The van der Waals surface area contributed by atoms with E-state index in [1.807, 2.05) is 0 Å². The van der Waals surface area contributed by atoms with Crippen LogP contribution in [0.1, 0.15) is 50.7 Å². The normalized spacial score (nSPS) is 11.7. The predicted octanol–water partition coefficient (Wildman–Crippen LogP) is 2.99. The number of rotatable bonds is 9. The molecule has 4 nitrogen and oxygen atoms in total. The third-order valence-corrected chi connectivity index (χ3v) is 3.99. The molecule has 1 heterocycles. The maximum atomic E-state index is 4.58. The Kier molecular flexibility index (Phi) is 9.04. The van der Waals surface area contributed by atoms with Gasteiger partial charge in [0.1, 0.15) is 0 Å². The van der Waals surface area contributed by atoms with E-state index in [4.69, 9.17) is 0 Å². The fourth-order valence-corrected chi connectivity index (χ4v) is 2.61. The van der Waals surface area contributed by atoms with Crippen molar-refractivity contribution in [3.8, 4) is 0 Å². The van der Waals surface area contributed by atoms with Crippen LogP contribution in [0.3, 0.4) is 0 Å². The molecule has 0 aromatic carbocycles. The molecule has 0 aliphatic rings. The van der Waals surface area contributed by atoms with Crippen LogP contribution in [0, 0.1) is 0 Å². The number of nitrogens with one attached hydrogen (secondary N) is 2. The van der Waals surface area contributed by atoms with Gasteiger partial charge in [0.25, 0.3) is 0 Å². The van der Waals surface area contributed by atoms with Crippen LogP contribution in [0.2, 0.25) is 0 Å². The number of aliphatic imine (C=N–C) groups is 1. The van der Waals surface area contributed by atoms with Gasteiger partial charge >= 0.3 is 0 Å². The summed E-state index contributed by atoms with van der Waals surface area (Å²) in [6, 6.07) is 0.